The number of benzene rings is 1. The van der Waals surface area contributed by atoms with E-state index in [4.69, 9.17) is 0 Å². The van der Waals surface area contributed by atoms with Crippen LogP contribution in [-0.2, 0) is 6.54 Å². The Hall–Kier alpha value is -3.63. The minimum absolute atomic E-state index is 0.388. The van der Waals surface area contributed by atoms with E-state index in [0.29, 0.717) is 6.04 Å². The number of anilines is 1. The summed E-state index contributed by atoms with van der Waals surface area (Å²) in [6, 6.07) is 12.6. The fourth-order valence-electron chi connectivity index (χ4n) is 4.23. The van der Waals surface area contributed by atoms with Crippen molar-refractivity contribution < 1.29 is 0 Å². The molecule has 150 valence electrons. The number of pyridine rings is 1. The molecule has 7 heteroatoms. The molecule has 1 aliphatic rings. The highest BCUT2D eigenvalue weighted by Crippen LogP contribution is 2.34. The van der Waals surface area contributed by atoms with Crippen LogP contribution in [0, 0.1) is 11.3 Å². The number of piperidine rings is 1. The first-order chi connectivity index (χ1) is 14.8. The molecule has 1 aromatic carbocycles. The molecule has 0 bridgehead atoms. The molecule has 1 fully saturated rings. The number of aromatic nitrogens is 4. The monoisotopic (exact) mass is 397 g/mol. The number of hydrogen-bond acceptors (Lipinski definition) is 5. The van der Waals surface area contributed by atoms with Crippen molar-refractivity contribution in [3.05, 3.63) is 66.2 Å². The third-order valence-electron chi connectivity index (χ3n) is 5.86. The number of aromatic amines is 2. The molecule has 0 unspecified atom stereocenters. The van der Waals surface area contributed by atoms with Crippen molar-refractivity contribution in [2.45, 2.75) is 25.4 Å². The lowest BCUT2D eigenvalue weighted by Gasteiger charge is -2.33. The van der Waals surface area contributed by atoms with Gasteiger partial charge in [-0.3, -0.25) is 10.00 Å². The van der Waals surface area contributed by atoms with Crippen molar-refractivity contribution in [3.8, 4) is 17.2 Å². The van der Waals surface area contributed by atoms with Gasteiger partial charge in [-0.1, -0.05) is 18.2 Å². The number of hydrogen-bond donors (Lipinski definition) is 3. The van der Waals surface area contributed by atoms with Crippen molar-refractivity contribution >= 4 is 16.7 Å². The number of nitriles is 1. The molecule has 30 heavy (non-hydrogen) atoms. The van der Waals surface area contributed by atoms with Gasteiger partial charge in [-0.15, -0.1) is 0 Å². The van der Waals surface area contributed by atoms with E-state index in [-0.39, 0.29) is 0 Å². The largest absolute Gasteiger partial charge is 0.381 e. The molecule has 7 nitrogen and oxygen atoms in total. The summed E-state index contributed by atoms with van der Waals surface area (Å²) >= 11 is 0. The van der Waals surface area contributed by atoms with Crippen LogP contribution in [-0.4, -0.2) is 44.2 Å². The number of nitrogens with one attached hydrogen (secondary N) is 3. The highest BCUT2D eigenvalue weighted by atomic mass is 15.1. The Morgan fingerprint density at radius 1 is 1.17 bits per heavy atom. The van der Waals surface area contributed by atoms with Gasteiger partial charge in [0, 0.05) is 60.8 Å². The van der Waals surface area contributed by atoms with Gasteiger partial charge in [0.05, 0.1) is 23.5 Å². The summed E-state index contributed by atoms with van der Waals surface area (Å²) in [5.41, 5.74) is 5.96. The normalized spacial score (nSPS) is 15.3. The Morgan fingerprint density at radius 3 is 2.83 bits per heavy atom. The Bertz CT molecular complexity index is 1180. The number of likely N-dealkylation sites (tertiary alicyclic amines) is 1. The molecule has 1 saturated heterocycles. The van der Waals surface area contributed by atoms with Crippen LogP contribution in [0.2, 0.25) is 0 Å². The van der Waals surface area contributed by atoms with Crippen molar-refractivity contribution in [3.63, 3.8) is 0 Å². The van der Waals surface area contributed by atoms with E-state index in [1.165, 1.54) is 0 Å². The first-order valence-electron chi connectivity index (χ1n) is 10.2. The molecule has 0 radical (unpaired) electrons. The van der Waals surface area contributed by atoms with Gasteiger partial charge in [0.25, 0.3) is 0 Å². The maximum Gasteiger partial charge on any atom is 0.139 e. The summed E-state index contributed by atoms with van der Waals surface area (Å²) in [5.74, 6) is 0. The highest BCUT2D eigenvalue weighted by molar-refractivity contribution is 5.98. The molecule has 4 heterocycles. The molecule has 3 aromatic heterocycles. The average Bonchev–Trinajstić information content (AvgIpc) is 3.48. The van der Waals surface area contributed by atoms with Crippen molar-refractivity contribution in [1.29, 1.82) is 5.26 Å². The number of fused-ring (bicyclic) bond motifs is 1. The predicted octanol–water partition coefficient (Wildman–Crippen LogP) is 3.90. The summed E-state index contributed by atoms with van der Waals surface area (Å²) < 4.78 is 0. The van der Waals surface area contributed by atoms with Gasteiger partial charge in [-0.05, 0) is 30.5 Å². The summed E-state index contributed by atoms with van der Waals surface area (Å²) in [5, 5.41) is 21.2. The molecule has 5 rings (SSSR count). The molecule has 3 N–H and O–H groups in total. The maximum atomic E-state index is 9.33. The molecule has 1 aliphatic heterocycles. The molecule has 0 aliphatic carbocycles. The fourth-order valence-corrected chi connectivity index (χ4v) is 4.23. The third kappa shape index (κ3) is 3.53. The second kappa shape index (κ2) is 8.01. The van der Waals surface area contributed by atoms with Crippen LogP contribution < -0.4 is 5.32 Å². The van der Waals surface area contributed by atoms with E-state index < -0.39 is 0 Å². The van der Waals surface area contributed by atoms with E-state index in [0.717, 1.165) is 71.5 Å². The van der Waals surface area contributed by atoms with Gasteiger partial charge in [0.2, 0.25) is 0 Å². The zero-order valence-electron chi connectivity index (χ0n) is 16.6. The molecule has 0 spiro atoms. The van der Waals surface area contributed by atoms with E-state index in [2.05, 4.69) is 48.6 Å². The fraction of sp³-hybridized carbons (Fsp3) is 0.261. The van der Waals surface area contributed by atoms with Crippen LogP contribution in [0.1, 0.15) is 24.0 Å². The Morgan fingerprint density at radius 2 is 2.03 bits per heavy atom. The molecular formula is C23H23N7. The standard InChI is InChI=1S/C23H23N7/c24-11-16-3-1-2-4-17(16)15-30-9-6-19(7-10-30)29-22-20-5-8-25-23(20)26-14-21(22)18-12-27-28-13-18/h1-5,8,12-14,19H,6-7,9-10,15H2,(H,27,28)(H2,25,26,29). The van der Waals surface area contributed by atoms with Crippen molar-refractivity contribution in [1.82, 2.24) is 25.1 Å². The maximum absolute atomic E-state index is 9.33. The first kappa shape index (κ1) is 18.4. The van der Waals surface area contributed by atoms with Gasteiger partial charge in [0.15, 0.2) is 0 Å². The second-order valence-corrected chi connectivity index (χ2v) is 7.74. The van der Waals surface area contributed by atoms with Crippen LogP contribution >= 0.6 is 0 Å². The van der Waals surface area contributed by atoms with Gasteiger partial charge in [0.1, 0.15) is 5.65 Å². The lowest BCUT2D eigenvalue weighted by molar-refractivity contribution is 0.211. The molecule has 0 atom stereocenters. The second-order valence-electron chi connectivity index (χ2n) is 7.74. The van der Waals surface area contributed by atoms with E-state index in [9.17, 15) is 5.26 Å². The topological polar surface area (TPSA) is 96.4 Å². The zero-order valence-corrected chi connectivity index (χ0v) is 16.6. The minimum Gasteiger partial charge on any atom is -0.381 e. The third-order valence-corrected chi connectivity index (χ3v) is 5.86. The van der Waals surface area contributed by atoms with Crippen molar-refractivity contribution in [2.75, 3.05) is 18.4 Å². The number of H-pyrrole nitrogens is 2. The van der Waals surface area contributed by atoms with E-state index in [1.807, 2.05) is 43.0 Å². The predicted molar refractivity (Wildman–Crippen MR) is 117 cm³/mol. The van der Waals surface area contributed by atoms with Gasteiger partial charge in [-0.25, -0.2) is 4.98 Å². The Labute approximate surface area is 174 Å². The Kier molecular flexibility index (Phi) is 4.91. The van der Waals surface area contributed by atoms with Gasteiger partial charge in [-0.2, -0.15) is 10.4 Å². The summed E-state index contributed by atoms with van der Waals surface area (Å²) in [6.07, 6.45) is 9.66. The smallest absolute Gasteiger partial charge is 0.139 e. The lowest BCUT2D eigenvalue weighted by Crippen LogP contribution is -2.38. The first-order valence-corrected chi connectivity index (χ1v) is 10.2. The van der Waals surface area contributed by atoms with Crippen LogP contribution in [0.4, 0.5) is 5.69 Å². The average molecular weight is 397 g/mol. The summed E-state index contributed by atoms with van der Waals surface area (Å²) in [6.45, 7) is 2.83. The molecule has 0 saturated carbocycles. The quantitative estimate of drug-likeness (QED) is 0.475. The van der Waals surface area contributed by atoms with Crippen LogP contribution in [0.3, 0.4) is 0 Å². The molecular weight excluding hydrogens is 374 g/mol. The highest BCUT2D eigenvalue weighted by Gasteiger charge is 2.22. The van der Waals surface area contributed by atoms with Crippen LogP contribution in [0.25, 0.3) is 22.2 Å². The lowest BCUT2D eigenvalue weighted by atomic mass is 10.0. The minimum atomic E-state index is 0.388. The zero-order chi connectivity index (χ0) is 20.3. The summed E-state index contributed by atoms with van der Waals surface area (Å²) in [4.78, 5) is 10.2. The van der Waals surface area contributed by atoms with Crippen LogP contribution in [0.15, 0.2) is 55.1 Å². The SMILES string of the molecule is N#Cc1ccccc1CN1CCC(Nc2c(-c3cn[nH]c3)cnc3[nH]ccc23)CC1. The van der Waals surface area contributed by atoms with Gasteiger partial charge >= 0.3 is 0 Å². The Balaban J connectivity index is 1.31. The number of rotatable bonds is 5. The number of nitrogens with zero attached hydrogens (tertiary/aromatic N) is 4. The van der Waals surface area contributed by atoms with E-state index in [1.54, 1.807) is 0 Å². The van der Waals surface area contributed by atoms with Crippen molar-refractivity contribution in [2.24, 2.45) is 0 Å². The summed E-state index contributed by atoms with van der Waals surface area (Å²) in [7, 11) is 0. The van der Waals surface area contributed by atoms with Crippen LogP contribution in [0.5, 0.6) is 0 Å². The van der Waals surface area contributed by atoms with Gasteiger partial charge < -0.3 is 10.3 Å². The van der Waals surface area contributed by atoms with E-state index >= 15 is 0 Å². The molecule has 4 aromatic rings. The molecule has 0 amide bonds.